The Bertz CT molecular complexity index is 263. The molecule has 0 saturated carbocycles. The van der Waals surface area contributed by atoms with Gasteiger partial charge in [-0.05, 0) is 19.9 Å². The van der Waals surface area contributed by atoms with Crippen molar-refractivity contribution in [3.05, 3.63) is 35.9 Å². The third-order valence-electron chi connectivity index (χ3n) is 2.07. The quantitative estimate of drug-likeness (QED) is 0.553. The summed E-state index contributed by atoms with van der Waals surface area (Å²) in [7, 11) is 0. The third kappa shape index (κ3) is 2.31. The van der Waals surface area contributed by atoms with Gasteiger partial charge in [-0.25, -0.2) is 0 Å². The van der Waals surface area contributed by atoms with Gasteiger partial charge >= 0.3 is 0 Å². The maximum atomic E-state index is 7.90. The number of nitrogens with one attached hydrogen (secondary N) is 1. The molecule has 1 aromatic rings. The molecule has 0 spiro atoms. The second kappa shape index (κ2) is 4.65. The van der Waals surface area contributed by atoms with E-state index >= 15 is 0 Å². The topological polar surface area (TPSA) is 27.1 Å². The smallest absolute Gasteiger partial charge is 0.128 e. The van der Waals surface area contributed by atoms with Crippen LogP contribution in [0.3, 0.4) is 0 Å². The van der Waals surface area contributed by atoms with E-state index in [9.17, 15) is 0 Å². The fourth-order valence-electron chi connectivity index (χ4n) is 1.27. The van der Waals surface area contributed by atoms with Crippen molar-refractivity contribution in [2.75, 3.05) is 13.1 Å². The standard InChI is InChI=1S/C11H15N2/c1-3-13(4-2)11(12)10-8-6-5-7-9-10/h6-9,12H,3-4H2,1-2H3. The molecule has 0 unspecified atom stereocenters. The van der Waals surface area contributed by atoms with Crippen LogP contribution in [0, 0.1) is 11.5 Å². The van der Waals surface area contributed by atoms with E-state index in [1.54, 1.807) is 0 Å². The lowest BCUT2D eigenvalue weighted by Gasteiger charge is -2.21. The molecule has 0 aliphatic heterocycles. The Hall–Kier alpha value is -1.31. The Kier molecular flexibility index (Phi) is 3.50. The monoisotopic (exact) mass is 175 g/mol. The minimum atomic E-state index is 0.596. The van der Waals surface area contributed by atoms with Gasteiger partial charge in [0, 0.05) is 18.7 Å². The first-order chi connectivity index (χ1) is 6.29. The summed E-state index contributed by atoms with van der Waals surface area (Å²) in [5.74, 6) is 0.596. The van der Waals surface area contributed by atoms with Crippen molar-refractivity contribution in [3.8, 4) is 0 Å². The number of benzene rings is 1. The summed E-state index contributed by atoms with van der Waals surface area (Å²) >= 11 is 0. The molecule has 0 heterocycles. The number of hydrogen-bond donors (Lipinski definition) is 1. The van der Waals surface area contributed by atoms with E-state index in [4.69, 9.17) is 5.41 Å². The van der Waals surface area contributed by atoms with Crippen LogP contribution in [0.25, 0.3) is 0 Å². The summed E-state index contributed by atoms with van der Waals surface area (Å²) < 4.78 is 0. The Morgan fingerprint density at radius 1 is 1.31 bits per heavy atom. The molecule has 1 radical (unpaired) electrons. The molecule has 1 rings (SSSR count). The molecule has 0 atom stereocenters. The van der Waals surface area contributed by atoms with E-state index in [2.05, 4.69) is 19.9 Å². The van der Waals surface area contributed by atoms with Gasteiger partial charge in [0.2, 0.25) is 0 Å². The first-order valence-corrected chi connectivity index (χ1v) is 4.59. The van der Waals surface area contributed by atoms with Gasteiger partial charge in [0.1, 0.15) is 5.84 Å². The molecule has 0 aliphatic carbocycles. The lowest BCUT2D eigenvalue weighted by molar-refractivity contribution is 0.463. The van der Waals surface area contributed by atoms with Crippen molar-refractivity contribution < 1.29 is 0 Å². The summed E-state index contributed by atoms with van der Waals surface area (Å²) in [5.41, 5.74) is 0.961. The summed E-state index contributed by atoms with van der Waals surface area (Å²) in [6.07, 6.45) is 0. The molecule has 13 heavy (non-hydrogen) atoms. The highest BCUT2D eigenvalue weighted by Gasteiger charge is 2.06. The van der Waals surface area contributed by atoms with Gasteiger partial charge in [-0.1, -0.05) is 24.3 Å². The van der Waals surface area contributed by atoms with Crippen LogP contribution >= 0.6 is 0 Å². The van der Waals surface area contributed by atoms with Gasteiger partial charge < -0.3 is 4.90 Å². The van der Waals surface area contributed by atoms with Crippen LogP contribution in [0.15, 0.2) is 24.3 Å². The SMILES string of the molecule is CCN(CC)C(=N)c1cc[c]cc1. The van der Waals surface area contributed by atoms with Crippen molar-refractivity contribution in [2.24, 2.45) is 0 Å². The van der Waals surface area contributed by atoms with E-state index < -0.39 is 0 Å². The zero-order valence-electron chi connectivity index (χ0n) is 8.17. The van der Waals surface area contributed by atoms with Crippen molar-refractivity contribution in [1.82, 2.24) is 4.90 Å². The molecule has 0 amide bonds. The summed E-state index contributed by atoms with van der Waals surface area (Å²) in [6, 6.07) is 10.5. The van der Waals surface area contributed by atoms with Gasteiger partial charge in [0.15, 0.2) is 0 Å². The predicted octanol–water partition coefficient (Wildman–Crippen LogP) is 2.15. The van der Waals surface area contributed by atoms with Gasteiger partial charge in [-0.2, -0.15) is 0 Å². The highest BCUT2D eigenvalue weighted by atomic mass is 15.1. The number of hydrogen-bond acceptors (Lipinski definition) is 1. The average Bonchev–Trinajstić information content (AvgIpc) is 2.21. The highest BCUT2D eigenvalue weighted by molar-refractivity contribution is 5.96. The second-order valence-electron chi connectivity index (χ2n) is 2.81. The zero-order valence-corrected chi connectivity index (χ0v) is 8.17. The lowest BCUT2D eigenvalue weighted by Crippen LogP contribution is -2.30. The van der Waals surface area contributed by atoms with E-state index in [0.29, 0.717) is 5.84 Å². The largest absolute Gasteiger partial charge is 0.357 e. The summed E-state index contributed by atoms with van der Waals surface area (Å²) in [6.45, 7) is 5.89. The molecule has 0 aliphatic rings. The molecular formula is C11H15N2. The zero-order chi connectivity index (χ0) is 9.68. The number of amidine groups is 1. The van der Waals surface area contributed by atoms with E-state index in [-0.39, 0.29) is 0 Å². The summed E-state index contributed by atoms with van der Waals surface area (Å²) in [4.78, 5) is 2.02. The molecule has 69 valence electrons. The Morgan fingerprint density at radius 2 is 1.85 bits per heavy atom. The van der Waals surface area contributed by atoms with Gasteiger partial charge in [-0.3, -0.25) is 5.41 Å². The highest BCUT2D eigenvalue weighted by Crippen LogP contribution is 2.03. The maximum Gasteiger partial charge on any atom is 0.128 e. The lowest BCUT2D eigenvalue weighted by atomic mass is 10.2. The number of nitrogens with zero attached hydrogens (tertiary/aromatic N) is 1. The molecular weight excluding hydrogens is 160 g/mol. The molecule has 0 fully saturated rings. The Morgan fingerprint density at radius 3 is 2.31 bits per heavy atom. The minimum absolute atomic E-state index is 0.596. The number of rotatable bonds is 3. The summed E-state index contributed by atoms with van der Waals surface area (Å²) in [5, 5.41) is 7.90. The molecule has 1 N–H and O–H groups in total. The molecule has 0 saturated heterocycles. The molecule has 2 heteroatoms. The fourth-order valence-corrected chi connectivity index (χ4v) is 1.27. The second-order valence-corrected chi connectivity index (χ2v) is 2.81. The van der Waals surface area contributed by atoms with Crippen LogP contribution in [0.4, 0.5) is 0 Å². The molecule has 0 bridgehead atoms. The van der Waals surface area contributed by atoms with Gasteiger partial charge in [-0.15, -0.1) is 0 Å². The van der Waals surface area contributed by atoms with Crippen molar-refractivity contribution in [2.45, 2.75) is 13.8 Å². The molecule has 2 nitrogen and oxygen atoms in total. The minimum Gasteiger partial charge on any atom is -0.357 e. The predicted molar refractivity (Wildman–Crippen MR) is 55.0 cm³/mol. The average molecular weight is 175 g/mol. The van der Waals surface area contributed by atoms with Crippen molar-refractivity contribution in [3.63, 3.8) is 0 Å². The Balaban J connectivity index is 2.78. The van der Waals surface area contributed by atoms with E-state index in [1.807, 2.05) is 29.2 Å². The van der Waals surface area contributed by atoms with Gasteiger partial charge in [0.25, 0.3) is 0 Å². The van der Waals surface area contributed by atoms with Crippen LogP contribution in [-0.2, 0) is 0 Å². The maximum absolute atomic E-state index is 7.90. The van der Waals surface area contributed by atoms with Crippen LogP contribution in [0.2, 0.25) is 0 Å². The van der Waals surface area contributed by atoms with Crippen molar-refractivity contribution in [1.29, 1.82) is 5.41 Å². The fraction of sp³-hybridized carbons (Fsp3) is 0.364. The van der Waals surface area contributed by atoms with Crippen LogP contribution in [0.5, 0.6) is 0 Å². The van der Waals surface area contributed by atoms with Crippen LogP contribution < -0.4 is 0 Å². The molecule has 1 aromatic carbocycles. The normalized spacial score (nSPS) is 9.69. The van der Waals surface area contributed by atoms with Gasteiger partial charge in [0.05, 0.1) is 0 Å². The van der Waals surface area contributed by atoms with Crippen molar-refractivity contribution >= 4 is 5.84 Å². The van der Waals surface area contributed by atoms with E-state index in [0.717, 1.165) is 18.7 Å². The third-order valence-corrected chi connectivity index (χ3v) is 2.07. The first kappa shape index (κ1) is 9.78. The Labute approximate surface area is 79.7 Å². The first-order valence-electron chi connectivity index (χ1n) is 4.59. The van der Waals surface area contributed by atoms with Crippen LogP contribution in [-0.4, -0.2) is 23.8 Å². The van der Waals surface area contributed by atoms with Crippen LogP contribution in [0.1, 0.15) is 19.4 Å². The van der Waals surface area contributed by atoms with E-state index in [1.165, 1.54) is 0 Å². The molecule has 0 aromatic heterocycles.